The molecule has 0 bridgehead atoms. The molecule has 1 amide bonds. The van der Waals surface area contributed by atoms with Gasteiger partial charge in [-0.15, -0.1) is 0 Å². The summed E-state index contributed by atoms with van der Waals surface area (Å²) in [5, 5.41) is 6.72. The van der Waals surface area contributed by atoms with Crippen LogP contribution in [0.5, 0.6) is 0 Å². The maximum absolute atomic E-state index is 13.1. The summed E-state index contributed by atoms with van der Waals surface area (Å²) >= 11 is 0. The van der Waals surface area contributed by atoms with E-state index in [1.54, 1.807) is 0 Å². The quantitative estimate of drug-likeness (QED) is 0.700. The minimum Gasteiger partial charge on any atom is -0.353 e. The summed E-state index contributed by atoms with van der Waals surface area (Å²) in [6.07, 6.45) is 4.30. The van der Waals surface area contributed by atoms with Gasteiger partial charge >= 0.3 is 0 Å². The second-order valence-electron chi connectivity index (χ2n) is 8.89. The predicted octanol–water partition coefficient (Wildman–Crippen LogP) is 2.76. The molecule has 5 nitrogen and oxygen atoms in total. The number of nitrogens with zero attached hydrogens (tertiary/aromatic N) is 2. The van der Waals surface area contributed by atoms with Gasteiger partial charge in [0.15, 0.2) is 0 Å². The Morgan fingerprint density at radius 3 is 2.52 bits per heavy atom. The normalized spacial score (nSPS) is 24.3. The molecule has 0 spiro atoms. The molecule has 1 aromatic rings. The van der Waals surface area contributed by atoms with Crippen LogP contribution in [0.1, 0.15) is 52.0 Å². The Hall–Kier alpha value is -1.50. The van der Waals surface area contributed by atoms with Crippen molar-refractivity contribution in [1.29, 1.82) is 0 Å². The van der Waals surface area contributed by atoms with Crippen molar-refractivity contribution in [2.45, 2.75) is 77.2 Å². The van der Waals surface area contributed by atoms with Crippen molar-refractivity contribution in [3.05, 3.63) is 35.6 Å². The molecule has 2 aliphatic rings. The van der Waals surface area contributed by atoms with Gasteiger partial charge in [0.2, 0.25) is 5.91 Å². The van der Waals surface area contributed by atoms with Crippen molar-refractivity contribution in [2.75, 3.05) is 26.2 Å². The molecule has 0 aliphatic carbocycles. The van der Waals surface area contributed by atoms with E-state index in [2.05, 4.69) is 27.4 Å². The molecule has 6 heteroatoms. The summed E-state index contributed by atoms with van der Waals surface area (Å²) in [7, 11) is 0. The number of hydrogen-bond donors (Lipinski definition) is 2. The number of amides is 1. The average molecular weight is 405 g/mol. The van der Waals surface area contributed by atoms with Gasteiger partial charge in [0.1, 0.15) is 5.82 Å². The number of carbonyl (C=O) groups is 1. The molecule has 2 saturated heterocycles. The van der Waals surface area contributed by atoms with Crippen LogP contribution in [0.15, 0.2) is 24.3 Å². The summed E-state index contributed by atoms with van der Waals surface area (Å²) in [5.74, 6) is -0.0531. The van der Waals surface area contributed by atoms with Crippen molar-refractivity contribution in [2.24, 2.45) is 0 Å². The molecule has 2 aliphatic heterocycles. The maximum Gasteiger partial charge on any atom is 0.237 e. The van der Waals surface area contributed by atoms with Crippen LogP contribution in [-0.4, -0.2) is 66.1 Å². The van der Waals surface area contributed by atoms with Crippen LogP contribution in [0, 0.1) is 5.82 Å². The van der Waals surface area contributed by atoms with Crippen LogP contribution in [0.25, 0.3) is 0 Å². The minimum atomic E-state index is -0.208. The van der Waals surface area contributed by atoms with Crippen LogP contribution in [0.3, 0.4) is 0 Å². The number of benzene rings is 1. The molecular weight excluding hydrogens is 367 g/mol. The average Bonchev–Trinajstić information content (AvgIpc) is 3.12. The van der Waals surface area contributed by atoms with Gasteiger partial charge in [0.25, 0.3) is 0 Å². The molecule has 29 heavy (non-hydrogen) atoms. The Bertz CT molecular complexity index is 643. The topological polar surface area (TPSA) is 47.6 Å². The third kappa shape index (κ3) is 6.24. The second-order valence-corrected chi connectivity index (χ2v) is 8.89. The first kappa shape index (κ1) is 22.2. The number of hydrogen-bond acceptors (Lipinski definition) is 4. The number of piperidine rings is 1. The van der Waals surface area contributed by atoms with E-state index in [0.29, 0.717) is 12.6 Å². The molecule has 2 atom stereocenters. The predicted molar refractivity (Wildman–Crippen MR) is 115 cm³/mol. The Balaban J connectivity index is 1.61. The SMILES string of the molecule is CCCN1CCC(N2C[C@@H](NCc3ccc(F)cc3)C[C@H]2C(=O)NC(C)C)CC1. The Kier molecular flexibility index (Phi) is 8.04. The van der Waals surface area contributed by atoms with Gasteiger partial charge in [-0.25, -0.2) is 4.39 Å². The van der Waals surface area contributed by atoms with Gasteiger partial charge in [-0.2, -0.15) is 0 Å². The zero-order valence-corrected chi connectivity index (χ0v) is 18.2. The zero-order valence-electron chi connectivity index (χ0n) is 18.2. The molecule has 3 rings (SSSR count). The summed E-state index contributed by atoms with van der Waals surface area (Å²) in [5.41, 5.74) is 1.07. The van der Waals surface area contributed by atoms with E-state index in [4.69, 9.17) is 0 Å². The highest BCUT2D eigenvalue weighted by Crippen LogP contribution is 2.27. The summed E-state index contributed by atoms with van der Waals surface area (Å²) < 4.78 is 13.1. The van der Waals surface area contributed by atoms with E-state index in [1.807, 2.05) is 26.0 Å². The van der Waals surface area contributed by atoms with Gasteiger partial charge in [0, 0.05) is 31.2 Å². The smallest absolute Gasteiger partial charge is 0.237 e. The van der Waals surface area contributed by atoms with Crippen LogP contribution in [-0.2, 0) is 11.3 Å². The van der Waals surface area contributed by atoms with E-state index < -0.39 is 0 Å². The molecule has 0 radical (unpaired) electrons. The van der Waals surface area contributed by atoms with Gasteiger partial charge in [-0.3, -0.25) is 9.69 Å². The molecule has 1 aromatic carbocycles. The second kappa shape index (κ2) is 10.5. The van der Waals surface area contributed by atoms with Crippen molar-refractivity contribution >= 4 is 5.91 Å². The first-order chi connectivity index (χ1) is 14.0. The monoisotopic (exact) mass is 404 g/mol. The number of likely N-dealkylation sites (tertiary alicyclic amines) is 2. The van der Waals surface area contributed by atoms with Gasteiger partial charge in [-0.1, -0.05) is 19.1 Å². The highest BCUT2D eigenvalue weighted by Gasteiger charge is 2.41. The van der Waals surface area contributed by atoms with Crippen LogP contribution < -0.4 is 10.6 Å². The fourth-order valence-electron chi connectivity index (χ4n) is 4.71. The molecule has 0 aromatic heterocycles. The molecule has 0 unspecified atom stereocenters. The number of nitrogens with one attached hydrogen (secondary N) is 2. The van der Waals surface area contributed by atoms with Gasteiger partial charge in [-0.05, 0) is 76.9 Å². The highest BCUT2D eigenvalue weighted by molar-refractivity contribution is 5.82. The fourth-order valence-corrected chi connectivity index (χ4v) is 4.71. The third-order valence-electron chi connectivity index (χ3n) is 6.15. The molecular formula is C23H37FN4O. The van der Waals surface area contributed by atoms with Crippen molar-refractivity contribution < 1.29 is 9.18 Å². The van der Waals surface area contributed by atoms with Gasteiger partial charge in [0.05, 0.1) is 6.04 Å². The summed E-state index contributed by atoms with van der Waals surface area (Å²) in [4.78, 5) is 17.9. The zero-order chi connectivity index (χ0) is 20.8. The molecule has 162 valence electrons. The minimum absolute atomic E-state index is 0.0640. The molecule has 0 saturated carbocycles. The summed E-state index contributed by atoms with van der Waals surface area (Å²) in [6.45, 7) is 11.3. The third-order valence-corrected chi connectivity index (χ3v) is 6.15. The lowest BCUT2D eigenvalue weighted by Gasteiger charge is -2.39. The van der Waals surface area contributed by atoms with E-state index in [1.165, 1.54) is 25.1 Å². The Morgan fingerprint density at radius 1 is 1.21 bits per heavy atom. The molecule has 2 fully saturated rings. The standard InChI is InChI=1S/C23H37FN4O/c1-4-11-27-12-9-21(10-13-27)28-16-20(14-22(28)23(29)26-17(2)3)25-15-18-5-7-19(24)8-6-18/h5-8,17,20-22,25H,4,9-16H2,1-3H3,(H,26,29)/t20-,22-/m0/s1. The first-order valence-corrected chi connectivity index (χ1v) is 11.2. The summed E-state index contributed by atoms with van der Waals surface area (Å²) in [6, 6.07) is 7.48. The first-order valence-electron chi connectivity index (χ1n) is 11.2. The number of carbonyl (C=O) groups excluding carboxylic acids is 1. The fraction of sp³-hybridized carbons (Fsp3) is 0.696. The lowest BCUT2D eigenvalue weighted by Crippen LogP contribution is -2.52. The largest absolute Gasteiger partial charge is 0.353 e. The van der Waals surface area contributed by atoms with E-state index in [0.717, 1.165) is 44.5 Å². The van der Waals surface area contributed by atoms with Crippen molar-refractivity contribution in [3.8, 4) is 0 Å². The lowest BCUT2D eigenvalue weighted by atomic mass is 10.0. The lowest BCUT2D eigenvalue weighted by molar-refractivity contribution is -0.127. The number of rotatable bonds is 8. The van der Waals surface area contributed by atoms with E-state index in [-0.39, 0.29) is 29.8 Å². The Labute approximate surface area is 175 Å². The highest BCUT2D eigenvalue weighted by atomic mass is 19.1. The molecule has 2 N–H and O–H groups in total. The van der Waals surface area contributed by atoms with Crippen molar-refractivity contribution in [3.63, 3.8) is 0 Å². The van der Waals surface area contributed by atoms with Crippen LogP contribution in [0.2, 0.25) is 0 Å². The molecule has 2 heterocycles. The Morgan fingerprint density at radius 2 is 1.90 bits per heavy atom. The maximum atomic E-state index is 13.1. The van der Waals surface area contributed by atoms with E-state index in [9.17, 15) is 9.18 Å². The van der Waals surface area contributed by atoms with Gasteiger partial charge < -0.3 is 15.5 Å². The van der Waals surface area contributed by atoms with Crippen LogP contribution in [0.4, 0.5) is 4.39 Å². The number of halogens is 1. The van der Waals surface area contributed by atoms with Crippen molar-refractivity contribution in [1.82, 2.24) is 20.4 Å². The van der Waals surface area contributed by atoms with Crippen LogP contribution >= 0.6 is 0 Å². The van der Waals surface area contributed by atoms with E-state index >= 15 is 0 Å².